The average molecular weight is 290 g/mol. The van der Waals surface area contributed by atoms with Gasteiger partial charge in [0.15, 0.2) is 0 Å². The van der Waals surface area contributed by atoms with Crippen molar-refractivity contribution in [1.82, 2.24) is 10.2 Å². The summed E-state index contributed by atoms with van der Waals surface area (Å²) >= 11 is 0. The third kappa shape index (κ3) is 4.48. The number of carbonyl (C=O) groups excluding carboxylic acids is 2. The van der Waals surface area contributed by atoms with Crippen LogP contribution in [-0.2, 0) is 16.0 Å². The number of methoxy groups -OCH3 is 1. The SMILES string of the molecule is COc1cccc(CCC(=O)NCC2CC(=O)N(C)C2)c1. The van der Waals surface area contributed by atoms with Crippen LogP contribution < -0.4 is 10.1 Å². The average Bonchev–Trinajstić information content (AvgIpc) is 2.82. The molecule has 0 aromatic heterocycles. The number of nitrogens with zero attached hydrogens (tertiary/aromatic N) is 1. The highest BCUT2D eigenvalue weighted by atomic mass is 16.5. The van der Waals surface area contributed by atoms with Gasteiger partial charge in [-0.3, -0.25) is 9.59 Å². The van der Waals surface area contributed by atoms with Crippen molar-refractivity contribution < 1.29 is 14.3 Å². The zero-order chi connectivity index (χ0) is 15.2. The van der Waals surface area contributed by atoms with Crippen molar-refractivity contribution in [3.63, 3.8) is 0 Å². The minimum atomic E-state index is 0.0276. The van der Waals surface area contributed by atoms with Crippen molar-refractivity contribution in [1.29, 1.82) is 0 Å². The first kappa shape index (κ1) is 15.4. The molecule has 0 saturated carbocycles. The zero-order valence-corrected chi connectivity index (χ0v) is 12.6. The molecule has 0 spiro atoms. The smallest absolute Gasteiger partial charge is 0.222 e. The lowest BCUT2D eigenvalue weighted by atomic mass is 10.1. The van der Waals surface area contributed by atoms with Gasteiger partial charge in [-0.1, -0.05) is 12.1 Å². The largest absolute Gasteiger partial charge is 0.497 e. The van der Waals surface area contributed by atoms with Gasteiger partial charge >= 0.3 is 0 Å². The van der Waals surface area contributed by atoms with E-state index in [0.29, 0.717) is 25.8 Å². The molecule has 1 aliphatic heterocycles. The molecule has 1 fully saturated rings. The second-order valence-corrected chi connectivity index (χ2v) is 5.50. The number of likely N-dealkylation sites (tertiary alicyclic amines) is 1. The molecule has 0 radical (unpaired) electrons. The standard InChI is InChI=1S/C16H22N2O3/c1-18-11-13(9-16(18)20)10-17-15(19)7-6-12-4-3-5-14(8-12)21-2/h3-5,8,13H,6-7,9-11H2,1-2H3,(H,17,19). The lowest BCUT2D eigenvalue weighted by Crippen LogP contribution is -2.30. The Labute approximate surface area is 125 Å². The molecule has 1 aromatic rings. The first-order valence-electron chi connectivity index (χ1n) is 7.22. The van der Waals surface area contributed by atoms with Crippen LogP contribution in [0.1, 0.15) is 18.4 Å². The molecule has 1 N–H and O–H groups in total. The van der Waals surface area contributed by atoms with Crippen LogP contribution in [0.4, 0.5) is 0 Å². The molecule has 1 aliphatic rings. The van der Waals surface area contributed by atoms with Gasteiger partial charge in [0.25, 0.3) is 0 Å². The molecule has 5 nitrogen and oxygen atoms in total. The number of nitrogens with one attached hydrogen (secondary N) is 1. The van der Waals surface area contributed by atoms with Gasteiger partial charge in [0.1, 0.15) is 5.75 Å². The van der Waals surface area contributed by atoms with E-state index in [1.807, 2.05) is 24.3 Å². The van der Waals surface area contributed by atoms with Crippen LogP contribution in [0.15, 0.2) is 24.3 Å². The zero-order valence-electron chi connectivity index (χ0n) is 12.6. The second-order valence-electron chi connectivity index (χ2n) is 5.50. The first-order valence-corrected chi connectivity index (χ1v) is 7.22. The van der Waals surface area contributed by atoms with E-state index < -0.39 is 0 Å². The van der Waals surface area contributed by atoms with E-state index in [9.17, 15) is 9.59 Å². The third-order valence-corrected chi connectivity index (χ3v) is 3.78. The molecule has 114 valence electrons. The van der Waals surface area contributed by atoms with Crippen molar-refractivity contribution in [2.75, 3.05) is 27.2 Å². The van der Waals surface area contributed by atoms with Crippen LogP contribution in [0.25, 0.3) is 0 Å². The highest BCUT2D eigenvalue weighted by Crippen LogP contribution is 2.15. The van der Waals surface area contributed by atoms with E-state index in [4.69, 9.17) is 4.74 Å². The number of hydrogen-bond donors (Lipinski definition) is 1. The number of hydrogen-bond acceptors (Lipinski definition) is 3. The van der Waals surface area contributed by atoms with Crippen molar-refractivity contribution in [2.45, 2.75) is 19.3 Å². The molecule has 2 amide bonds. The fourth-order valence-corrected chi connectivity index (χ4v) is 2.53. The third-order valence-electron chi connectivity index (χ3n) is 3.78. The summed E-state index contributed by atoms with van der Waals surface area (Å²) in [5, 5.41) is 2.92. The first-order chi connectivity index (χ1) is 10.1. The minimum Gasteiger partial charge on any atom is -0.497 e. The number of ether oxygens (including phenoxy) is 1. The molecular formula is C16H22N2O3. The molecule has 0 bridgehead atoms. The summed E-state index contributed by atoms with van der Waals surface area (Å²) in [6.45, 7) is 1.31. The van der Waals surface area contributed by atoms with E-state index in [1.54, 1.807) is 19.1 Å². The fraction of sp³-hybridized carbons (Fsp3) is 0.500. The van der Waals surface area contributed by atoms with Gasteiger partial charge in [0, 0.05) is 38.9 Å². The summed E-state index contributed by atoms with van der Waals surface area (Å²) in [5.41, 5.74) is 1.08. The van der Waals surface area contributed by atoms with Crippen molar-refractivity contribution in [2.24, 2.45) is 5.92 Å². The molecule has 1 heterocycles. The molecule has 0 aliphatic carbocycles. The van der Waals surface area contributed by atoms with Crippen molar-refractivity contribution in [3.05, 3.63) is 29.8 Å². The van der Waals surface area contributed by atoms with Gasteiger partial charge < -0.3 is 15.0 Å². The number of rotatable bonds is 6. The van der Waals surface area contributed by atoms with Crippen LogP contribution >= 0.6 is 0 Å². The van der Waals surface area contributed by atoms with Gasteiger partial charge in [-0.05, 0) is 24.1 Å². The van der Waals surface area contributed by atoms with Gasteiger partial charge in [0.2, 0.25) is 11.8 Å². The van der Waals surface area contributed by atoms with E-state index in [-0.39, 0.29) is 17.7 Å². The van der Waals surface area contributed by atoms with Crippen molar-refractivity contribution >= 4 is 11.8 Å². The van der Waals surface area contributed by atoms with Crippen LogP contribution in [-0.4, -0.2) is 44.0 Å². The van der Waals surface area contributed by atoms with Crippen LogP contribution in [0.5, 0.6) is 5.75 Å². The van der Waals surface area contributed by atoms with E-state index >= 15 is 0 Å². The molecule has 1 unspecified atom stereocenters. The Bertz CT molecular complexity index is 516. The highest BCUT2D eigenvalue weighted by molar-refractivity contribution is 5.79. The summed E-state index contributed by atoms with van der Waals surface area (Å²) in [7, 11) is 3.43. The van der Waals surface area contributed by atoms with Gasteiger partial charge in [0.05, 0.1) is 7.11 Å². The lowest BCUT2D eigenvalue weighted by Gasteiger charge is -2.11. The Morgan fingerprint density at radius 3 is 2.95 bits per heavy atom. The molecule has 1 aromatic carbocycles. The Kier molecular flexibility index (Phi) is 5.20. The van der Waals surface area contributed by atoms with Crippen molar-refractivity contribution in [3.8, 4) is 5.75 Å². The Hall–Kier alpha value is -2.04. The molecule has 5 heteroatoms. The fourth-order valence-electron chi connectivity index (χ4n) is 2.53. The Morgan fingerprint density at radius 2 is 2.29 bits per heavy atom. The van der Waals surface area contributed by atoms with Gasteiger partial charge in [-0.15, -0.1) is 0 Å². The highest BCUT2D eigenvalue weighted by Gasteiger charge is 2.26. The molecular weight excluding hydrogens is 268 g/mol. The predicted molar refractivity (Wildman–Crippen MR) is 80.1 cm³/mol. The van der Waals surface area contributed by atoms with Crippen LogP contribution in [0.2, 0.25) is 0 Å². The number of carbonyl (C=O) groups is 2. The minimum absolute atomic E-state index is 0.0276. The van der Waals surface area contributed by atoms with Crippen LogP contribution in [0, 0.1) is 5.92 Å². The second kappa shape index (κ2) is 7.11. The molecule has 1 saturated heterocycles. The predicted octanol–water partition coefficient (Wildman–Crippen LogP) is 1.22. The summed E-state index contributed by atoms with van der Waals surface area (Å²) in [6, 6.07) is 7.74. The van der Waals surface area contributed by atoms with Gasteiger partial charge in [-0.2, -0.15) is 0 Å². The van der Waals surface area contributed by atoms with Gasteiger partial charge in [-0.25, -0.2) is 0 Å². The maximum absolute atomic E-state index is 11.8. The molecule has 2 rings (SSSR count). The summed E-state index contributed by atoms with van der Waals surface area (Å²) in [5.74, 6) is 1.23. The molecule has 1 atom stereocenters. The normalized spacial score (nSPS) is 17.9. The monoisotopic (exact) mass is 290 g/mol. The number of amides is 2. The lowest BCUT2D eigenvalue weighted by molar-refractivity contribution is -0.126. The summed E-state index contributed by atoms with van der Waals surface area (Å²) in [4.78, 5) is 25.0. The van der Waals surface area contributed by atoms with E-state index in [2.05, 4.69) is 5.32 Å². The topological polar surface area (TPSA) is 58.6 Å². The number of benzene rings is 1. The summed E-state index contributed by atoms with van der Waals surface area (Å²) < 4.78 is 5.16. The Morgan fingerprint density at radius 1 is 1.48 bits per heavy atom. The molecule has 21 heavy (non-hydrogen) atoms. The maximum atomic E-state index is 11.8. The van der Waals surface area contributed by atoms with E-state index in [0.717, 1.165) is 17.9 Å². The Balaban J connectivity index is 1.71. The van der Waals surface area contributed by atoms with Crippen LogP contribution in [0.3, 0.4) is 0 Å². The summed E-state index contributed by atoms with van der Waals surface area (Å²) in [6.07, 6.45) is 1.67. The maximum Gasteiger partial charge on any atom is 0.222 e. The quantitative estimate of drug-likeness (QED) is 0.857. The number of aryl methyl sites for hydroxylation is 1. The van der Waals surface area contributed by atoms with E-state index in [1.165, 1.54) is 0 Å².